The number of hydrogen-bond acceptors (Lipinski definition) is 6. The summed E-state index contributed by atoms with van der Waals surface area (Å²) in [6.07, 6.45) is 11.4. The SMILES string of the molecule is CCCC1(CCC)c2ccccc2-c2c1c1c(c3cc(SC)c(N4CCOCC4)cc23)OC(c2ccccc2)(c2ccc(N3CCOCC3)cc2)C=C1. The topological polar surface area (TPSA) is 34.2 Å². The molecule has 272 valence electrons. The zero-order chi connectivity index (χ0) is 36.0. The third kappa shape index (κ3) is 5.59. The summed E-state index contributed by atoms with van der Waals surface area (Å²) >= 11 is 1.83. The first-order valence-corrected chi connectivity index (χ1v) is 20.9. The van der Waals surface area contributed by atoms with E-state index in [1.54, 1.807) is 0 Å². The molecule has 9 rings (SSSR count). The Balaban J connectivity index is 1.32. The molecule has 1 unspecified atom stereocenters. The van der Waals surface area contributed by atoms with Gasteiger partial charge in [0, 0.05) is 64.3 Å². The number of morpholine rings is 2. The molecule has 2 fully saturated rings. The Labute approximate surface area is 318 Å². The summed E-state index contributed by atoms with van der Waals surface area (Å²) in [5.74, 6) is 0.996. The molecule has 3 aliphatic heterocycles. The molecular weight excluding hydrogens is 673 g/mol. The van der Waals surface area contributed by atoms with Gasteiger partial charge in [-0.1, -0.05) is 99.5 Å². The molecule has 2 saturated heterocycles. The monoisotopic (exact) mass is 722 g/mol. The minimum atomic E-state index is -0.801. The van der Waals surface area contributed by atoms with Crippen molar-refractivity contribution in [3.63, 3.8) is 0 Å². The summed E-state index contributed by atoms with van der Waals surface area (Å²) in [6, 6.07) is 34.1. The lowest BCUT2D eigenvalue weighted by atomic mass is 9.69. The van der Waals surface area contributed by atoms with Crippen LogP contribution in [0.1, 0.15) is 67.3 Å². The third-order valence-corrected chi connectivity index (χ3v) is 12.9. The van der Waals surface area contributed by atoms with E-state index in [1.807, 2.05) is 11.8 Å². The Morgan fingerprint density at radius 2 is 1.34 bits per heavy atom. The van der Waals surface area contributed by atoms with Crippen LogP contribution < -0.4 is 14.5 Å². The van der Waals surface area contributed by atoms with E-state index in [2.05, 4.69) is 133 Å². The van der Waals surface area contributed by atoms with Gasteiger partial charge < -0.3 is 24.0 Å². The minimum Gasteiger partial charge on any atom is -0.472 e. The van der Waals surface area contributed by atoms with E-state index in [-0.39, 0.29) is 5.41 Å². The van der Waals surface area contributed by atoms with Gasteiger partial charge in [0.1, 0.15) is 5.75 Å². The van der Waals surface area contributed by atoms with Crippen LogP contribution in [0.4, 0.5) is 11.4 Å². The summed E-state index contributed by atoms with van der Waals surface area (Å²) in [7, 11) is 0. The lowest BCUT2D eigenvalue weighted by Crippen LogP contribution is -2.37. The Bertz CT molecular complexity index is 2150. The third-order valence-electron chi connectivity index (χ3n) is 12.1. The quantitative estimate of drug-likeness (QED) is 0.141. The molecule has 1 aliphatic carbocycles. The molecule has 4 aliphatic rings. The number of rotatable bonds is 9. The zero-order valence-electron chi connectivity index (χ0n) is 31.3. The van der Waals surface area contributed by atoms with E-state index in [4.69, 9.17) is 14.2 Å². The predicted octanol–water partition coefficient (Wildman–Crippen LogP) is 10.5. The summed E-state index contributed by atoms with van der Waals surface area (Å²) < 4.78 is 19.3. The molecule has 6 heteroatoms. The number of ether oxygens (including phenoxy) is 3. The first kappa shape index (κ1) is 34.5. The van der Waals surface area contributed by atoms with Crippen molar-refractivity contribution in [2.75, 3.05) is 68.7 Å². The molecule has 0 aromatic heterocycles. The number of fused-ring (bicyclic) bond motifs is 8. The molecule has 1 atom stereocenters. The van der Waals surface area contributed by atoms with Gasteiger partial charge in [0.15, 0.2) is 5.60 Å². The molecule has 0 saturated carbocycles. The molecule has 0 radical (unpaired) electrons. The average Bonchev–Trinajstić information content (AvgIpc) is 3.51. The number of anilines is 2. The van der Waals surface area contributed by atoms with Crippen LogP contribution >= 0.6 is 11.8 Å². The summed E-state index contributed by atoms with van der Waals surface area (Å²) in [4.78, 5) is 6.22. The molecule has 0 N–H and O–H groups in total. The van der Waals surface area contributed by atoms with Gasteiger partial charge in [0.05, 0.1) is 32.1 Å². The van der Waals surface area contributed by atoms with Crippen molar-refractivity contribution in [3.05, 3.63) is 125 Å². The molecule has 0 bridgehead atoms. The molecule has 5 aromatic rings. The second-order valence-corrected chi connectivity index (χ2v) is 15.8. The van der Waals surface area contributed by atoms with Gasteiger partial charge in [-0.05, 0) is 77.1 Å². The van der Waals surface area contributed by atoms with Crippen LogP contribution in [0.15, 0.2) is 102 Å². The van der Waals surface area contributed by atoms with Crippen LogP contribution in [0.25, 0.3) is 28.0 Å². The van der Waals surface area contributed by atoms with Gasteiger partial charge in [0.25, 0.3) is 0 Å². The smallest absolute Gasteiger partial charge is 0.178 e. The number of nitrogens with zero attached hydrogens (tertiary/aromatic N) is 2. The number of thioether (sulfide) groups is 1. The minimum absolute atomic E-state index is 0.0920. The highest BCUT2D eigenvalue weighted by molar-refractivity contribution is 7.98. The Morgan fingerprint density at radius 1 is 0.698 bits per heavy atom. The summed E-state index contributed by atoms with van der Waals surface area (Å²) in [5.41, 5.74) is 10.8. The Hall–Kier alpha value is -4.23. The van der Waals surface area contributed by atoms with Crippen LogP contribution in [0.2, 0.25) is 0 Å². The van der Waals surface area contributed by atoms with Gasteiger partial charge in [-0.15, -0.1) is 11.8 Å². The van der Waals surface area contributed by atoms with Crippen molar-refractivity contribution in [2.45, 2.75) is 55.4 Å². The number of benzene rings is 5. The van der Waals surface area contributed by atoms with Gasteiger partial charge in [-0.3, -0.25) is 0 Å². The van der Waals surface area contributed by atoms with Gasteiger partial charge in [0.2, 0.25) is 0 Å². The summed E-state index contributed by atoms with van der Waals surface area (Å²) in [5, 5.41) is 2.48. The normalized spacial score (nSPS) is 20.2. The van der Waals surface area contributed by atoms with E-state index in [0.29, 0.717) is 0 Å². The van der Waals surface area contributed by atoms with E-state index < -0.39 is 5.60 Å². The Kier molecular flexibility index (Phi) is 9.25. The van der Waals surface area contributed by atoms with Crippen molar-refractivity contribution in [3.8, 4) is 16.9 Å². The van der Waals surface area contributed by atoms with E-state index >= 15 is 0 Å². The van der Waals surface area contributed by atoms with Crippen molar-refractivity contribution < 1.29 is 14.2 Å². The molecule has 0 spiro atoms. The first-order chi connectivity index (χ1) is 26.1. The zero-order valence-corrected chi connectivity index (χ0v) is 32.1. The van der Waals surface area contributed by atoms with Gasteiger partial charge >= 0.3 is 0 Å². The van der Waals surface area contributed by atoms with Crippen LogP contribution in [-0.4, -0.2) is 58.9 Å². The fourth-order valence-corrected chi connectivity index (χ4v) is 10.4. The summed E-state index contributed by atoms with van der Waals surface area (Å²) in [6.45, 7) is 11.4. The lowest BCUT2D eigenvalue weighted by molar-refractivity contribution is 0.122. The highest BCUT2D eigenvalue weighted by atomic mass is 32.2. The van der Waals surface area contributed by atoms with E-state index in [1.165, 1.54) is 54.9 Å². The Morgan fingerprint density at radius 3 is 2.02 bits per heavy atom. The van der Waals surface area contributed by atoms with Crippen molar-refractivity contribution in [2.24, 2.45) is 0 Å². The molecule has 53 heavy (non-hydrogen) atoms. The fourth-order valence-electron chi connectivity index (χ4n) is 9.80. The highest BCUT2D eigenvalue weighted by Gasteiger charge is 2.47. The van der Waals surface area contributed by atoms with Gasteiger partial charge in [-0.2, -0.15) is 0 Å². The van der Waals surface area contributed by atoms with E-state index in [9.17, 15) is 0 Å². The van der Waals surface area contributed by atoms with Crippen molar-refractivity contribution >= 4 is 40.0 Å². The van der Waals surface area contributed by atoms with E-state index in [0.717, 1.165) is 95.2 Å². The predicted molar refractivity (Wildman–Crippen MR) is 221 cm³/mol. The molecule has 3 heterocycles. The van der Waals surface area contributed by atoms with Crippen LogP contribution in [0.5, 0.6) is 5.75 Å². The maximum absolute atomic E-state index is 7.79. The second kappa shape index (κ2) is 14.2. The van der Waals surface area contributed by atoms with Crippen LogP contribution in [0, 0.1) is 0 Å². The second-order valence-electron chi connectivity index (χ2n) is 15.0. The van der Waals surface area contributed by atoms with Crippen LogP contribution in [0.3, 0.4) is 0 Å². The van der Waals surface area contributed by atoms with Gasteiger partial charge in [-0.25, -0.2) is 0 Å². The number of hydrogen-bond donors (Lipinski definition) is 0. The maximum atomic E-state index is 7.79. The van der Waals surface area contributed by atoms with Crippen molar-refractivity contribution in [1.29, 1.82) is 0 Å². The molecule has 5 nitrogen and oxygen atoms in total. The average molecular weight is 723 g/mol. The lowest BCUT2D eigenvalue weighted by Gasteiger charge is -2.40. The standard InChI is InChI=1S/C47H50N2O3S/c1-4-20-46(21-5-2)40-14-10-9-13-36(40)43-38-31-41(49-25-29-51-30-26-49)42(53-3)32-39(38)45-37(44(43)46)19-22-47(52-45,33-11-7-6-8-12-33)34-15-17-35(18-16-34)48-23-27-50-28-24-48/h6-19,22,31-32H,4-5,20-21,23-30H2,1-3H3. The highest BCUT2D eigenvalue weighted by Crippen LogP contribution is 2.61. The fraction of sp³-hybridized carbons (Fsp3) is 0.362. The molecule has 5 aromatic carbocycles. The maximum Gasteiger partial charge on any atom is 0.178 e. The largest absolute Gasteiger partial charge is 0.472 e. The molecular formula is C47H50N2O3S. The van der Waals surface area contributed by atoms with Crippen molar-refractivity contribution in [1.82, 2.24) is 0 Å². The van der Waals surface area contributed by atoms with Crippen LogP contribution in [-0.2, 0) is 20.5 Å². The molecule has 0 amide bonds. The first-order valence-electron chi connectivity index (χ1n) is 19.6.